The van der Waals surface area contributed by atoms with Crippen LogP contribution in [0.15, 0.2) is 48.8 Å². The molecule has 2 atom stereocenters. The number of aliphatic hydroxyl groups excluding tert-OH is 2. The predicted octanol–water partition coefficient (Wildman–Crippen LogP) is 4.50. The number of amides is 1. The van der Waals surface area contributed by atoms with Crippen molar-refractivity contribution in [1.82, 2.24) is 14.3 Å². The lowest BCUT2D eigenvalue weighted by atomic mass is 9.97. The number of halogens is 7. The second kappa shape index (κ2) is 11.5. The highest BCUT2D eigenvalue weighted by atomic mass is 35.5. The van der Waals surface area contributed by atoms with Crippen LogP contribution in [0.5, 0.6) is 17.4 Å². The van der Waals surface area contributed by atoms with Crippen molar-refractivity contribution in [1.29, 1.82) is 0 Å². The number of carbonyl (C=O) groups is 1. The zero-order chi connectivity index (χ0) is 28.3. The van der Waals surface area contributed by atoms with Crippen molar-refractivity contribution in [2.45, 2.75) is 37.5 Å². The highest BCUT2D eigenvalue weighted by molar-refractivity contribution is 6.32. The molecule has 0 aliphatic carbocycles. The number of hydrogen-bond acceptors (Lipinski definition) is 6. The minimum atomic E-state index is -5.75. The van der Waals surface area contributed by atoms with Crippen molar-refractivity contribution in [2.24, 2.45) is 5.92 Å². The third-order valence-electron chi connectivity index (χ3n) is 5.25. The summed E-state index contributed by atoms with van der Waals surface area (Å²) in [6.07, 6.45) is -12.4. The van der Waals surface area contributed by atoms with Crippen molar-refractivity contribution in [3.63, 3.8) is 0 Å². The minimum absolute atomic E-state index is 0.0754. The molecule has 0 aliphatic heterocycles. The molecule has 16 heteroatoms. The number of carbonyl (C=O) groups excluding carboxylic acids is 1. The van der Waals surface area contributed by atoms with Crippen molar-refractivity contribution < 1.29 is 51.2 Å². The van der Waals surface area contributed by atoms with Gasteiger partial charge in [-0.1, -0.05) is 23.7 Å². The Kier molecular flexibility index (Phi) is 8.84. The van der Waals surface area contributed by atoms with Crippen LogP contribution < -0.4 is 10.1 Å². The zero-order valence-corrected chi connectivity index (χ0v) is 19.9. The molecule has 2 heterocycles. The normalized spacial score (nSPS) is 13.9. The Morgan fingerprint density at radius 2 is 1.79 bits per heavy atom. The number of para-hydroxylation sites is 1. The Balaban J connectivity index is 1.94. The molecular formula is C22H21ClF6N4O5. The number of ether oxygens (including phenoxy) is 1. The summed E-state index contributed by atoms with van der Waals surface area (Å²) < 4.78 is 87.2. The number of aromatic nitrogens is 3. The molecule has 38 heavy (non-hydrogen) atoms. The molecule has 0 radical (unpaired) electrons. The van der Waals surface area contributed by atoms with Gasteiger partial charge < -0.3 is 29.9 Å². The van der Waals surface area contributed by atoms with E-state index in [1.807, 2.05) is 0 Å². The number of rotatable bonds is 10. The van der Waals surface area contributed by atoms with E-state index in [2.05, 4.69) is 10.4 Å². The van der Waals surface area contributed by atoms with Gasteiger partial charge in [0.15, 0.2) is 17.6 Å². The van der Waals surface area contributed by atoms with Gasteiger partial charge in [0.05, 0.1) is 30.5 Å². The quantitative estimate of drug-likeness (QED) is 0.266. The van der Waals surface area contributed by atoms with Crippen molar-refractivity contribution in [3.05, 3.63) is 53.8 Å². The van der Waals surface area contributed by atoms with Crippen LogP contribution >= 0.6 is 11.6 Å². The van der Waals surface area contributed by atoms with E-state index in [1.165, 1.54) is 24.4 Å². The second-order valence-electron chi connectivity index (χ2n) is 8.11. The van der Waals surface area contributed by atoms with E-state index in [4.69, 9.17) is 21.4 Å². The SMILES string of the molecule is O=C(Nc1ccn(C[C@@H](O)CO)n1)C(CC(C(F)(F)F)C(F)(F)F)n1cc(Oc2ccccc2Cl)cc1O. The van der Waals surface area contributed by atoms with Crippen LogP contribution in [-0.4, -0.2) is 60.6 Å². The molecule has 3 aromatic rings. The fraction of sp³-hybridized carbons (Fsp3) is 0.364. The molecule has 1 amide bonds. The van der Waals surface area contributed by atoms with Gasteiger partial charge in [-0.15, -0.1) is 0 Å². The molecule has 0 bridgehead atoms. The molecule has 0 spiro atoms. The lowest BCUT2D eigenvalue weighted by molar-refractivity contribution is -0.287. The van der Waals surface area contributed by atoms with Gasteiger partial charge in [0.2, 0.25) is 5.91 Å². The fourth-order valence-electron chi connectivity index (χ4n) is 3.44. The number of benzene rings is 1. The zero-order valence-electron chi connectivity index (χ0n) is 19.1. The Labute approximate surface area is 215 Å². The standard InChI is InChI=1S/C22H21ClF6N4O5/c23-14-3-1-2-4-16(14)38-13-7-19(36)33(10-13)15(8-17(21(24,25)26)22(27,28)29)20(37)30-18-5-6-32(31-18)9-12(35)11-34/h1-7,10,12,15,17,34-36H,8-9,11H2,(H,30,31,37)/t12-,15?/m1/s1. The van der Waals surface area contributed by atoms with Crippen LogP contribution in [0.2, 0.25) is 5.02 Å². The predicted molar refractivity (Wildman–Crippen MR) is 121 cm³/mol. The third kappa shape index (κ3) is 7.33. The Bertz CT molecular complexity index is 1230. The van der Waals surface area contributed by atoms with Crippen LogP contribution in [0.3, 0.4) is 0 Å². The summed E-state index contributed by atoms with van der Waals surface area (Å²) in [7, 11) is 0. The molecule has 9 nitrogen and oxygen atoms in total. The average Bonchev–Trinajstić information content (AvgIpc) is 3.39. The second-order valence-corrected chi connectivity index (χ2v) is 8.52. The van der Waals surface area contributed by atoms with E-state index in [-0.39, 0.29) is 28.9 Å². The van der Waals surface area contributed by atoms with Crippen LogP contribution in [0.1, 0.15) is 12.5 Å². The smallest absolute Gasteiger partial charge is 0.400 e. The minimum Gasteiger partial charge on any atom is -0.494 e. The number of alkyl halides is 6. The lowest BCUT2D eigenvalue weighted by Crippen LogP contribution is -2.40. The number of aliphatic hydroxyl groups is 2. The maximum absolute atomic E-state index is 13.4. The van der Waals surface area contributed by atoms with E-state index in [0.717, 1.165) is 16.9 Å². The highest BCUT2D eigenvalue weighted by Crippen LogP contribution is 2.45. The van der Waals surface area contributed by atoms with E-state index in [1.54, 1.807) is 12.1 Å². The first kappa shape index (κ1) is 29.1. The van der Waals surface area contributed by atoms with Crippen LogP contribution in [0, 0.1) is 5.92 Å². The summed E-state index contributed by atoms with van der Waals surface area (Å²) in [5.41, 5.74) is 0. The number of anilines is 1. The monoisotopic (exact) mass is 570 g/mol. The molecule has 4 N–H and O–H groups in total. The number of aromatic hydroxyl groups is 1. The highest BCUT2D eigenvalue weighted by Gasteiger charge is 2.57. The molecule has 0 saturated heterocycles. The summed E-state index contributed by atoms with van der Waals surface area (Å²) in [5, 5.41) is 34.8. The van der Waals surface area contributed by atoms with Gasteiger partial charge in [0.25, 0.3) is 0 Å². The molecule has 2 aromatic heterocycles. The molecule has 1 unspecified atom stereocenters. The van der Waals surface area contributed by atoms with Crippen molar-refractivity contribution >= 4 is 23.3 Å². The van der Waals surface area contributed by atoms with Crippen LogP contribution in [0.4, 0.5) is 32.2 Å². The van der Waals surface area contributed by atoms with Gasteiger partial charge in [0, 0.05) is 18.3 Å². The van der Waals surface area contributed by atoms with Gasteiger partial charge >= 0.3 is 12.4 Å². The molecular weight excluding hydrogens is 550 g/mol. The largest absolute Gasteiger partial charge is 0.494 e. The van der Waals surface area contributed by atoms with Gasteiger partial charge in [-0.25, -0.2) is 0 Å². The van der Waals surface area contributed by atoms with Gasteiger partial charge in [0.1, 0.15) is 17.5 Å². The van der Waals surface area contributed by atoms with Crippen molar-refractivity contribution in [3.8, 4) is 17.4 Å². The fourth-order valence-corrected chi connectivity index (χ4v) is 3.61. The van der Waals surface area contributed by atoms with E-state index in [0.29, 0.717) is 4.57 Å². The van der Waals surface area contributed by atoms with Gasteiger partial charge in [-0.05, 0) is 18.6 Å². The average molecular weight is 571 g/mol. The summed E-state index contributed by atoms with van der Waals surface area (Å²) in [6, 6.07) is 5.85. The Morgan fingerprint density at radius 3 is 2.39 bits per heavy atom. The number of nitrogens with one attached hydrogen (secondary N) is 1. The Hall–Kier alpha value is -3.43. The summed E-state index contributed by atoms with van der Waals surface area (Å²) >= 11 is 5.99. The molecule has 208 valence electrons. The van der Waals surface area contributed by atoms with E-state index < -0.39 is 55.2 Å². The number of hydrogen-bond donors (Lipinski definition) is 4. The molecule has 3 rings (SSSR count). The molecule has 0 saturated carbocycles. The van der Waals surface area contributed by atoms with E-state index >= 15 is 0 Å². The molecule has 0 aliphatic rings. The third-order valence-corrected chi connectivity index (χ3v) is 5.57. The van der Waals surface area contributed by atoms with Crippen molar-refractivity contribution in [2.75, 3.05) is 11.9 Å². The summed E-state index contributed by atoms with van der Waals surface area (Å²) in [5.74, 6) is -6.52. The first-order valence-electron chi connectivity index (χ1n) is 10.8. The van der Waals surface area contributed by atoms with Gasteiger partial charge in [-0.2, -0.15) is 31.4 Å². The summed E-state index contributed by atoms with van der Waals surface area (Å²) in [6.45, 7) is -0.813. The van der Waals surface area contributed by atoms with E-state index in [9.17, 15) is 41.4 Å². The van der Waals surface area contributed by atoms with Gasteiger partial charge in [-0.3, -0.25) is 9.48 Å². The maximum Gasteiger partial charge on any atom is 0.400 e. The topological polar surface area (TPSA) is 122 Å². The molecule has 1 aromatic carbocycles. The first-order valence-corrected chi connectivity index (χ1v) is 11.2. The Morgan fingerprint density at radius 1 is 1.13 bits per heavy atom. The van der Waals surface area contributed by atoms with Crippen LogP contribution in [-0.2, 0) is 11.3 Å². The van der Waals surface area contributed by atoms with Crippen LogP contribution in [0.25, 0.3) is 0 Å². The number of nitrogens with zero attached hydrogens (tertiary/aromatic N) is 3. The molecule has 0 fully saturated rings. The maximum atomic E-state index is 13.4. The summed E-state index contributed by atoms with van der Waals surface area (Å²) in [4.78, 5) is 13.0. The lowest BCUT2D eigenvalue weighted by Gasteiger charge is -2.27. The first-order chi connectivity index (χ1) is 17.7.